The van der Waals surface area contributed by atoms with E-state index in [-0.39, 0.29) is 133 Å². The summed E-state index contributed by atoms with van der Waals surface area (Å²) in [6, 6.07) is 8.34. The van der Waals surface area contributed by atoms with Gasteiger partial charge < -0.3 is 18.9 Å². The van der Waals surface area contributed by atoms with E-state index in [2.05, 4.69) is 0 Å². The molecule has 0 amide bonds. The van der Waals surface area contributed by atoms with Gasteiger partial charge in [0.15, 0.2) is 0 Å². The quantitative estimate of drug-likeness (QED) is 0.134. The summed E-state index contributed by atoms with van der Waals surface area (Å²) in [5, 5.41) is -1.39. The molecule has 500 valence electrons. The minimum atomic E-state index is -1.46. The van der Waals surface area contributed by atoms with Crippen LogP contribution in [0.3, 0.4) is 0 Å². The lowest BCUT2D eigenvalue weighted by molar-refractivity contribution is 0.590. The lowest BCUT2D eigenvalue weighted by Crippen LogP contribution is -2.61. The zero-order valence-corrected chi connectivity index (χ0v) is 57.3. The van der Waals surface area contributed by atoms with Gasteiger partial charge in [0.1, 0.15) is 0 Å². The van der Waals surface area contributed by atoms with Crippen LogP contribution >= 0.6 is 0 Å². The SMILES string of the molecule is [2H]c1cc([2H])c([2H])c(-c2cc(C(C)(C)C)cc(-c3c([2H])c([2H])c([2H])c([2H])c3[2H])c2N2c3cc(-n4c5c([2H])c([2H])c([2H])c([2H])c5c5c([2H])c([2H])c([2H])c([2H])c54)ccc3B3c4ccc(-n5c6c([2H])c([2H])c([2H])c([2H])c6c6c([2H])c([2H])c([2H])c([2H])c65)cc4N(c4c(-c5c([2H])c([2H])c([2H])c([2H])c5[2H])cc(C(C)(C)C)cc4-c4c([2H])c([2H])c([2H])c([2H])c4[2H])c4cc(C5c6ccccc6Cc6ccccc65)cc2c43)c1[2H]. The number of hydrogen-bond acceptors (Lipinski definition) is 2. The normalized spacial score (nSPS) is 18.0. The van der Waals surface area contributed by atoms with Crippen LogP contribution in [0.2, 0.25) is 0 Å². The van der Waals surface area contributed by atoms with Gasteiger partial charge in [-0.2, -0.15) is 0 Å². The topological polar surface area (TPSA) is 16.3 Å². The molecule has 3 aliphatic rings. The molecule has 0 unspecified atom stereocenters. The Kier molecular flexibility index (Phi) is 8.29. The Morgan fingerprint density at radius 3 is 1.03 bits per heavy atom. The largest absolute Gasteiger partial charge is 0.310 e. The summed E-state index contributed by atoms with van der Waals surface area (Å²) in [7, 11) is 0. The summed E-state index contributed by atoms with van der Waals surface area (Å²) in [5.74, 6) is -0.995. The van der Waals surface area contributed by atoms with Crippen molar-refractivity contribution in [2.45, 2.75) is 64.7 Å². The highest BCUT2D eigenvalue weighted by Crippen LogP contribution is 2.57. The lowest BCUT2D eigenvalue weighted by Gasteiger charge is -2.46. The van der Waals surface area contributed by atoms with Crippen LogP contribution in [0.1, 0.15) is 134 Å². The predicted octanol–water partition coefficient (Wildman–Crippen LogP) is 24.3. The molecule has 0 atom stereocenters. The second-order valence-corrected chi connectivity index (χ2v) is 28.5. The fourth-order valence-electron chi connectivity index (χ4n) is 15.9. The van der Waals surface area contributed by atoms with Crippen LogP contribution in [0.15, 0.2) is 339 Å². The Hall–Kier alpha value is -12.4. The second kappa shape index (κ2) is 24.1. The molecule has 4 nitrogen and oxygen atoms in total. The zero-order valence-electron chi connectivity index (χ0n) is 92.3. The third-order valence-corrected chi connectivity index (χ3v) is 20.6. The molecule has 0 fully saturated rings. The van der Waals surface area contributed by atoms with Gasteiger partial charge in [0.2, 0.25) is 0 Å². The summed E-state index contributed by atoms with van der Waals surface area (Å²) >= 11 is 0. The second-order valence-electron chi connectivity index (χ2n) is 28.5. The van der Waals surface area contributed by atoms with Gasteiger partial charge in [-0.15, -0.1) is 0 Å². The number of anilines is 6. The first-order valence-electron chi connectivity index (χ1n) is 51.8. The van der Waals surface area contributed by atoms with Crippen molar-refractivity contribution in [3.8, 4) is 55.9 Å². The predicted molar refractivity (Wildman–Crippen MR) is 445 cm³/mol. The standard InChI is InChI=1S/C100H77BN4/c1-99(2,3)71-58-81(64-31-11-7-12-32-64)97(82(59-71)65-33-13-8-14-34-65)104-91-62-73(102-87-47-27-23-43-77(87)78-44-24-28-48-88(78)102)51-53-85(91)101-86-54-52-74(103-89-49-29-25-45-79(89)80-46-26-30-50-90(80)103)63-92(86)105(98-83(66-35-15-9-16-36-66)60-72(100(4,5)6)61-84(98)67-37-17-10-18-38-67)94-57-70(56-93(104)96(94)101)95-75-41-21-19-39-68(75)55-69-40-20-22-42-76(69)95/h7-54,56-63,95H,55H2,1-6H3/i7D,8D,9D,11D,12D,13D,14D,15D,16D,17D,18D,23D,24D,25D,26D,27D,28D,29D,30D,31D,32D,33D,34D,35D,36D,37D,38D,43D,44D,45D,46D,47D,48D,49D,50D. The smallest absolute Gasteiger partial charge is 0.252 e. The van der Waals surface area contributed by atoms with Crippen molar-refractivity contribution in [2.75, 3.05) is 9.80 Å². The summed E-state index contributed by atoms with van der Waals surface area (Å²) in [6.07, 6.45) is 0.350. The minimum absolute atomic E-state index is 0.0162. The maximum Gasteiger partial charge on any atom is 0.252 e. The van der Waals surface area contributed by atoms with Gasteiger partial charge in [0, 0.05) is 83.8 Å². The number of nitrogens with zero attached hydrogens (tertiary/aromatic N) is 4. The molecular formula is C100H77BN4. The van der Waals surface area contributed by atoms with Gasteiger partial charge in [0.25, 0.3) is 6.71 Å². The van der Waals surface area contributed by atoms with Crippen molar-refractivity contribution in [3.05, 3.63) is 378 Å². The van der Waals surface area contributed by atoms with Gasteiger partial charge in [-0.1, -0.05) is 296 Å². The molecule has 1 aliphatic carbocycles. The van der Waals surface area contributed by atoms with Crippen molar-refractivity contribution in [3.63, 3.8) is 0 Å². The number of rotatable bonds is 9. The number of hydrogen-bond donors (Lipinski definition) is 0. The van der Waals surface area contributed by atoms with Crippen molar-refractivity contribution >= 4 is 101 Å². The first kappa shape index (κ1) is 36.1. The molecule has 2 aromatic heterocycles. The van der Waals surface area contributed by atoms with Crippen LogP contribution < -0.4 is 26.2 Å². The van der Waals surface area contributed by atoms with Crippen LogP contribution in [0.5, 0.6) is 0 Å². The average Bonchev–Trinajstić information content (AvgIpc) is 0.832. The average molecular weight is 1380 g/mol. The molecule has 0 saturated carbocycles. The summed E-state index contributed by atoms with van der Waals surface area (Å²) in [5.41, 5.74) is -3.42. The molecular weight excluding hydrogens is 1270 g/mol. The first-order chi connectivity index (χ1) is 65.9. The van der Waals surface area contributed by atoms with Crippen LogP contribution in [0, 0.1) is 0 Å². The molecule has 5 heteroatoms. The summed E-state index contributed by atoms with van der Waals surface area (Å²) in [6.45, 7) is 9.32. The van der Waals surface area contributed by atoms with E-state index in [4.69, 9.17) is 0 Å². The fourth-order valence-corrected chi connectivity index (χ4v) is 15.9. The van der Waals surface area contributed by atoms with Gasteiger partial charge >= 0.3 is 0 Å². The van der Waals surface area contributed by atoms with E-state index < -0.39 is 257 Å². The fraction of sp³-hybridized carbons (Fsp3) is 0.100. The Bertz CT molecular complexity index is 8170. The third-order valence-electron chi connectivity index (χ3n) is 20.6. The van der Waals surface area contributed by atoms with Gasteiger partial charge in [-0.25, -0.2) is 0 Å². The van der Waals surface area contributed by atoms with Crippen molar-refractivity contribution < 1.29 is 48.0 Å². The van der Waals surface area contributed by atoms with E-state index in [1.165, 1.54) is 33.4 Å². The van der Waals surface area contributed by atoms with E-state index in [1.54, 1.807) is 87.7 Å². The van der Waals surface area contributed by atoms with Crippen LogP contribution in [0.25, 0.3) is 99.5 Å². The highest BCUT2D eigenvalue weighted by Gasteiger charge is 2.47. The van der Waals surface area contributed by atoms with E-state index in [0.717, 1.165) is 17.2 Å². The Labute approximate surface area is 664 Å². The molecule has 0 radical (unpaired) electrons. The number of fused-ring (bicyclic) bond motifs is 12. The summed E-state index contributed by atoms with van der Waals surface area (Å²) < 4.78 is 343. The maximum atomic E-state index is 10.3. The first-order valence-corrected chi connectivity index (χ1v) is 34.3. The van der Waals surface area contributed by atoms with Crippen LogP contribution in [-0.2, 0) is 17.3 Å². The van der Waals surface area contributed by atoms with Crippen molar-refractivity contribution in [2.24, 2.45) is 0 Å². The Morgan fingerprint density at radius 2 is 0.667 bits per heavy atom. The monoisotopic (exact) mass is 1380 g/mol. The molecule has 15 aromatic carbocycles. The number of aromatic nitrogens is 2. The Morgan fingerprint density at radius 1 is 0.333 bits per heavy atom. The Balaban J connectivity index is 1.10. The molecule has 20 rings (SSSR count). The number of para-hydroxylation sites is 4. The van der Waals surface area contributed by atoms with Crippen molar-refractivity contribution in [1.82, 2.24) is 9.13 Å². The molecule has 0 spiro atoms. The van der Waals surface area contributed by atoms with Crippen molar-refractivity contribution in [1.29, 1.82) is 0 Å². The van der Waals surface area contributed by atoms with Gasteiger partial charge in [-0.3, -0.25) is 0 Å². The molecule has 105 heavy (non-hydrogen) atoms. The number of benzene rings is 15. The van der Waals surface area contributed by atoms with Crippen LogP contribution in [0.4, 0.5) is 34.1 Å². The van der Waals surface area contributed by atoms with E-state index in [0.29, 0.717) is 28.7 Å². The van der Waals surface area contributed by atoms with Crippen LogP contribution in [-0.4, -0.2) is 15.8 Å². The summed E-state index contributed by atoms with van der Waals surface area (Å²) in [4.78, 5) is 3.23. The highest BCUT2D eigenvalue weighted by atomic mass is 15.2. The molecule has 17 aromatic rings. The molecule has 0 saturated heterocycles. The maximum absolute atomic E-state index is 10.3. The van der Waals surface area contributed by atoms with E-state index >= 15 is 0 Å². The minimum Gasteiger partial charge on any atom is -0.310 e. The van der Waals surface area contributed by atoms with E-state index in [1.807, 2.05) is 60.7 Å². The zero-order chi connectivity index (χ0) is 101. The van der Waals surface area contributed by atoms with Gasteiger partial charge in [-0.05, 0) is 180 Å². The van der Waals surface area contributed by atoms with E-state index in [9.17, 15) is 48.0 Å². The molecule has 2 aliphatic heterocycles. The van der Waals surface area contributed by atoms with Gasteiger partial charge in [0.05, 0.1) is 81.4 Å². The molecule has 0 bridgehead atoms. The highest BCUT2D eigenvalue weighted by molar-refractivity contribution is 7.00. The molecule has 0 N–H and O–H groups in total. The third kappa shape index (κ3) is 9.96. The lowest BCUT2D eigenvalue weighted by atomic mass is 9.33. The molecule has 4 heterocycles.